The maximum absolute atomic E-state index is 13.6. The molecule has 2 N–H and O–H groups in total. The first-order chi connectivity index (χ1) is 14.6. The number of rotatable bonds is 3. The maximum Gasteiger partial charge on any atom is 0.134 e. The van der Waals surface area contributed by atoms with Crippen LogP contribution in [0.4, 0.5) is 8.78 Å². The third-order valence-electron chi connectivity index (χ3n) is 6.33. The summed E-state index contributed by atoms with van der Waals surface area (Å²) in [7, 11) is 0. The van der Waals surface area contributed by atoms with Crippen LogP contribution in [-0.4, -0.2) is 42.7 Å². The molecule has 2 fully saturated rings. The Kier molecular flexibility index (Phi) is 5.45. The van der Waals surface area contributed by atoms with Crippen molar-refractivity contribution in [1.29, 1.82) is 0 Å². The molecule has 0 saturated carbocycles. The van der Waals surface area contributed by atoms with Crippen molar-refractivity contribution in [3.63, 3.8) is 0 Å². The molecule has 1 spiro atoms. The number of hydrogen-bond donors (Lipinski definition) is 2. The lowest BCUT2D eigenvalue weighted by molar-refractivity contribution is -0.0141. The average Bonchev–Trinajstić information content (AvgIpc) is 3.12. The molecule has 30 heavy (non-hydrogen) atoms. The molecule has 3 heterocycles. The van der Waals surface area contributed by atoms with E-state index < -0.39 is 0 Å². The number of fused-ring (bicyclic) bond motifs is 1. The van der Waals surface area contributed by atoms with Gasteiger partial charge in [0.05, 0.1) is 0 Å². The third-order valence-corrected chi connectivity index (χ3v) is 6.33. The largest absolute Gasteiger partial charge is 0.484 e. The van der Waals surface area contributed by atoms with Crippen LogP contribution in [-0.2, 0) is 11.4 Å². The first-order valence-corrected chi connectivity index (χ1v) is 10.7. The highest BCUT2D eigenvalue weighted by Crippen LogP contribution is 2.33. The van der Waals surface area contributed by atoms with Crippen molar-refractivity contribution in [1.82, 2.24) is 15.7 Å². The fraction of sp³-hybridized carbons (Fsp3) is 0.478. The quantitative estimate of drug-likeness (QED) is 0.806. The van der Waals surface area contributed by atoms with Crippen molar-refractivity contribution in [3.8, 4) is 5.75 Å². The Morgan fingerprint density at radius 1 is 1.10 bits per heavy atom. The van der Waals surface area contributed by atoms with Crippen LogP contribution in [0.5, 0.6) is 5.75 Å². The summed E-state index contributed by atoms with van der Waals surface area (Å²) in [5.74, 6) is 0.312. The number of hydroxylamine groups is 1. The van der Waals surface area contributed by atoms with Gasteiger partial charge in [0.1, 0.15) is 29.1 Å². The van der Waals surface area contributed by atoms with Gasteiger partial charge in [0.2, 0.25) is 0 Å². The van der Waals surface area contributed by atoms with E-state index in [1.807, 2.05) is 0 Å². The highest BCUT2D eigenvalue weighted by molar-refractivity contribution is 5.35. The van der Waals surface area contributed by atoms with Crippen molar-refractivity contribution >= 4 is 0 Å². The van der Waals surface area contributed by atoms with E-state index in [0.717, 1.165) is 62.3 Å². The molecule has 5 rings (SSSR count). The lowest BCUT2D eigenvalue weighted by Crippen LogP contribution is -2.57. The number of piperidine rings is 1. The van der Waals surface area contributed by atoms with Gasteiger partial charge in [-0.05, 0) is 61.7 Å². The number of hydrogen-bond acceptors (Lipinski definition) is 5. The maximum atomic E-state index is 13.6. The molecule has 7 heteroatoms. The summed E-state index contributed by atoms with van der Waals surface area (Å²) in [5, 5.41) is 3.45. The van der Waals surface area contributed by atoms with Crippen LogP contribution in [0.1, 0.15) is 36.5 Å². The molecule has 2 aromatic carbocycles. The Morgan fingerprint density at radius 2 is 1.93 bits per heavy atom. The van der Waals surface area contributed by atoms with E-state index in [0.29, 0.717) is 6.54 Å². The van der Waals surface area contributed by atoms with Crippen molar-refractivity contribution in [2.24, 2.45) is 0 Å². The second-order valence-electron chi connectivity index (χ2n) is 8.69. The van der Waals surface area contributed by atoms with E-state index in [1.54, 1.807) is 24.3 Å². The predicted octanol–water partition coefficient (Wildman–Crippen LogP) is 3.32. The molecule has 2 unspecified atom stereocenters. The van der Waals surface area contributed by atoms with Crippen LogP contribution < -0.4 is 15.5 Å². The topological polar surface area (TPSA) is 45.8 Å². The molecule has 0 aromatic heterocycles. The molecule has 0 radical (unpaired) electrons. The highest BCUT2D eigenvalue weighted by Gasteiger charge is 2.40. The molecule has 0 aliphatic carbocycles. The molecule has 0 bridgehead atoms. The Hall–Kier alpha value is -2.06. The van der Waals surface area contributed by atoms with Crippen LogP contribution >= 0.6 is 0 Å². The van der Waals surface area contributed by atoms with Crippen molar-refractivity contribution in [2.75, 3.05) is 26.2 Å². The molecule has 2 saturated heterocycles. The van der Waals surface area contributed by atoms with Crippen LogP contribution in [0.3, 0.4) is 0 Å². The van der Waals surface area contributed by atoms with Crippen LogP contribution in [0.2, 0.25) is 0 Å². The molecule has 2 aromatic rings. The van der Waals surface area contributed by atoms with Crippen molar-refractivity contribution < 1.29 is 18.4 Å². The minimum atomic E-state index is -0.308. The van der Waals surface area contributed by atoms with Gasteiger partial charge in [0.15, 0.2) is 0 Å². The van der Waals surface area contributed by atoms with Gasteiger partial charge in [-0.2, -0.15) is 5.48 Å². The summed E-state index contributed by atoms with van der Waals surface area (Å²) in [6.07, 6.45) is 2.80. The summed E-state index contributed by atoms with van der Waals surface area (Å²) >= 11 is 0. The Morgan fingerprint density at radius 3 is 2.80 bits per heavy atom. The first kappa shape index (κ1) is 19.9. The molecular formula is C23H27F2N3O2. The van der Waals surface area contributed by atoms with Gasteiger partial charge in [-0.15, -0.1) is 0 Å². The lowest BCUT2D eigenvalue weighted by atomic mass is 9.91. The minimum absolute atomic E-state index is 0.0630. The van der Waals surface area contributed by atoms with Gasteiger partial charge in [-0.1, -0.05) is 12.1 Å². The van der Waals surface area contributed by atoms with Gasteiger partial charge >= 0.3 is 0 Å². The number of nitrogens with zero attached hydrogens (tertiary/aromatic N) is 1. The molecule has 0 amide bonds. The fourth-order valence-electron chi connectivity index (χ4n) is 4.89. The first-order valence-electron chi connectivity index (χ1n) is 10.7. The van der Waals surface area contributed by atoms with E-state index in [-0.39, 0.29) is 29.4 Å². The van der Waals surface area contributed by atoms with Crippen molar-refractivity contribution in [2.45, 2.75) is 43.6 Å². The molecule has 3 aliphatic rings. The third kappa shape index (κ3) is 4.21. The highest BCUT2D eigenvalue weighted by atomic mass is 19.1. The number of benzene rings is 2. The zero-order chi connectivity index (χ0) is 20.6. The van der Waals surface area contributed by atoms with Gasteiger partial charge in [-0.3, -0.25) is 9.74 Å². The van der Waals surface area contributed by atoms with Gasteiger partial charge in [-0.25, -0.2) is 8.78 Å². The number of halogens is 2. The van der Waals surface area contributed by atoms with E-state index in [2.05, 4.69) is 15.7 Å². The van der Waals surface area contributed by atoms with E-state index in [4.69, 9.17) is 9.57 Å². The van der Waals surface area contributed by atoms with Crippen molar-refractivity contribution in [3.05, 3.63) is 65.2 Å². The average molecular weight is 415 g/mol. The van der Waals surface area contributed by atoms with E-state index in [9.17, 15) is 8.78 Å². The van der Waals surface area contributed by atoms with Gasteiger partial charge in [0, 0.05) is 37.8 Å². The standard InChI is InChI=1S/C23H27F2N3O2/c24-18-4-2-16(3-5-18)22-11-20(27-30-22)13-28-9-1-8-23(15-28)14-26-12-17-10-19(25)6-7-21(17)29-23/h2-7,10,20,22,26-27H,1,8-9,11-15H2/t20?,22?,23-/m0/s1. The van der Waals surface area contributed by atoms with E-state index >= 15 is 0 Å². The molecule has 5 nitrogen and oxygen atoms in total. The summed E-state index contributed by atoms with van der Waals surface area (Å²) in [5.41, 5.74) is 4.71. The zero-order valence-corrected chi connectivity index (χ0v) is 16.9. The molecule has 3 atom stereocenters. The smallest absolute Gasteiger partial charge is 0.134 e. The van der Waals surface area contributed by atoms with Crippen LogP contribution in [0.15, 0.2) is 42.5 Å². The molecule has 160 valence electrons. The second-order valence-corrected chi connectivity index (χ2v) is 8.69. The summed E-state index contributed by atoms with van der Waals surface area (Å²) in [6, 6.07) is 11.5. The van der Waals surface area contributed by atoms with E-state index in [1.165, 1.54) is 18.2 Å². The summed E-state index contributed by atoms with van der Waals surface area (Å²) in [4.78, 5) is 8.19. The monoisotopic (exact) mass is 415 g/mol. The summed E-state index contributed by atoms with van der Waals surface area (Å²) in [6.45, 7) is 4.05. The SMILES string of the molecule is Fc1ccc(C2CC(CN3CCC[C@]4(CNCc5cc(F)ccc5O4)C3)NO2)cc1. The number of ether oxygens (including phenoxy) is 1. The zero-order valence-electron chi connectivity index (χ0n) is 16.9. The Balaban J connectivity index is 1.23. The lowest BCUT2D eigenvalue weighted by Gasteiger charge is -2.42. The molecular weight excluding hydrogens is 388 g/mol. The number of nitrogens with one attached hydrogen (secondary N) is 2. The summed E-state index contributed by atoms with van der Waals surface area (Å²) < 4.78 is 33.3. The second kappa shape index (κ2) is 8.23. The Bertz CT molecular complexity index is 895. The van der Waals surface area contributed by atoms with Gasteiger partial charge < -0.3 is 10.1 Å². The fourth-order valence-corrected chi connectivity index (χ4v) is 4.89. The van der Waals surface area contributed by atoms with Gasteiger partial charge in [0.25, 0.3) is 0 Å². The predicted molar refractivity (Wildman–Crippen MR) is 109 cm³/mol. The minimum Gasteiger partial charge on any atom is -0.484 e. The van der Waals surface area contributed by atoms with Crippen LogP contribution in [0.25, 0.3) is 0 Å². The molecule has 3 aliphatic heterocycles. The number of likely N-dealkylation sites (tertiary alicyclic amines) is 1. The normalized spacial score (nSPS) is 29.4. The van der Waals surface area contributed by atoms with Crippen LogP contribution in [0, 0.1) is 11.6 Å². The Labute approximate surface area is 175 Å².